The molecule has 0 unspecified atom stereocenters. The molecule has 0 aliphatic heterocycles. The van der Waals surface area contributed by atoms with E-state index in [1.807, 2.05) is 0 Å². The number of pyridine rings is 1. The average Bonchev–Trinajstić information content (AvgIpc) is 2.82. The van der Waals surface area contributed by atoms with Gasteiger partial charge in [0.05, 0.1) is 12.7 Å². The first-order chi connectivity index (χ1) is 16.2. The fourth-order valence-electron chi connectivity index (χ4n) is 2.84. The Balaban J connectivity index is 1.66. The van der Waals surface area contributed by atoms with E-state index < -0.39 is 29.5 Å². The van der Waals surface area contributed by atoms with Crippen LogP contribution in [0.3, 0.4) is 0 Å². The molecule has 3 aromatic rings. The van der Waals surface area contributed by atoms with Gasteiger partial charge in [-0.15, -0.1) is 0 Å². The van der Waals surface area contributed by atoms with Crippen molar-refractivity contribution in [1.29, 1.82) is 0 Å². The number of alkyl halides is 3. The highest BCUT2D eigenvalue weighted by molar-refractivity contribution is 6.05. The van der Waals surface area contributed by atoms with E-state index in [4.69, 9.17) is 0 Å². The lowest BCUT2D eigenvalue weighted by Crippen LogP contribution is -2.14. The number of nitrogens with zero attached hydrogens (tertiary/aromatic N) is 1. The van der Waals surface area contributed by atoms with Gasteiger partial charge in [-0.3, -0.25) is 9.59 Å². The number of ether oxygens (including phenoxy) is 1. The Hall–Kier alpha value is -4.47. The summed E-state index contributed by atoms with van der Waals surface area (Å²) in [6, 6.07) is 13.4. The minimum Gasteiger partial charge on any atom is -0.464 e. The number of amides is 2. The van der Waals surface area contributed by atoms with E-state index in [0.717, 1.165) is 18.2 Å². The Morgan fingerprint density at radius 1 is 0.941 bits per heavy atom. The Morgan fingerprint density at radius 3 is 2.41 bits per heavy atom. The predicted molar refractivity (Wildman–Crippen MR) is 119 cm³/mol. The number of halogens is 3. The number of carbonyl (C=O) groups excluding carboxylic acids is 3. The highest BCUT2D eigenvalue weighted by Crippen LogP contribution is 2.29. The minimum absolute atomic E-state index is 0.0356. The number of hydrogen-bond donors (Lipinski definition) is 2. The van der Waals surface area contributed by atoms with Crippen molar-refractivity contribution in [3.8, 4) is 0 Å². The van der Waals surface area contributed by atoms with E-state index >= 15 is 0 Å². The molecular formula is C24H18F3N3O4. The molecule has 0 bridgehead atoms. The fourth-order valence-corrected chi connectivity index (χ4v) is 2.84. The third-order valence-corrected chi connectivity index (χ3v) is 4.45. The first kappa shape index (κ1) is 24.2. The largest absolute Gasteiger partial charge is 0.464 e. The van der Waals surface area contributed by atoms with Gasteiger partial charge in [-0.1, -0.05) is 18.2 Å². The lowest BCUT2D eigenvalue weighted by molar-refractivity contribution is -0.137. The number of benzene rings is 2. The van der Waals surface area contributed by atoms with E-state index in [9.17, 15) is 27.6 Å². The lowest BCUT2D eigenvalue weighted by Gasteiger charge is -2.09. The molecule has 3 rings (SSSR count). The molecule has 34 heavy (non-hydrogen) atoms. The second kappa shape index (κ2) is 10.4. The van der Waals surface area contributed by atoms with Crippen molar-refractivity contribution >= 4 is 35.2 Å². The maximum Gasteiger partial charge on any atom is 0.416 e. The SMILES string of the molecule is COC(=O)c1cc(NC(=O)/C=C/c2cccc(NC(=O)c3cccc(C(F)(F)F)c3)c2)ccn1. The zero-order valence-electron chi connectivity index (χ0n) is 17.7. The highest BCUT2D eigenvalue weighted by atomic mass is 19.4. The number of hydrogen-bond acceptors (Lipinski definition) is 5. The molecule has 0 saturated carbocycles. The molecule has 174 valence electrons. The van der Waals surface area contributed by atoms with Crippen molar-refractivity contribution in [1.82, 2.24) is 4.98 Å². The van der Waals surface area contributed by atoms with Crippen LogP contribution < -0.4 is 10.6 Å². The van der Waals surface area contributed by atoms with Crippen molar-refractivity contribution in [3.63, 3.8) is 0 Å². The van der Waals surface area contributed by atoms with Gasteiger partial charge >= 0.3 is 12.1 Å². The van der Waals surface area contributed by atoms with E-state index in [-0.39, 0.29) is 11.3 Å². The molecule has 0 atom stereocenters. The quantitative estimate of drug-likeness (QED) is 0.400. The lowest BCUT2D eigenvalue weighted by atomic mass is 10.1. The summed E-state index contributed by atoms with van der Waals surface area (Å²) < 4.78 is 43.2. The molecule has 2 aromatic carbocycles. The second-order valence-corrected chi connectivity index (χ2v) is 6.90. The van der Waals surface area contributed by atoms with Crippen molar-refractivity contribution < 1.29 is 32.3 Å². The summed E-state index contributed by atoms with van der Waals surface area (Å²) in [6.45, 7) is 0. The van der Waals surface area contributed by atoms with Gasteiger partial charge in [0.1, 0.15) is 5.69 Å². The van der Waals surface area contributed by atoms with Crippen LogP contribution in [-0.4, -0.2) is 29.9 Å². The summed E-state index contributed by atoms with van der Waals surface area (Å²) in [5, 5.41) is 5.12. The van der Waals surface area contributed by atoms with Crippen molar-refractivity contribution in [3.05, 3.63) is 95.3 Å². The van der Waals surface area contributed by atoms with Gasteiger partial charge in [-0.2, -0.15) is 13.2 Å². The van der Waals surface area contributed by atoms with E-state index in [1.54, 1.807) is 24.3 Å². The van der Waals surface area contributed by atoms with Crippen LogP contribution in [0.1, 0.15) is 32.0 Å². The Kier molecular flexibility index (Phi) is 7.42. The maximum atomic E-state index is 12.9. The van der Waals surface area contributed by atoms with E-state index in [1.165, 1.54) is 43.7 Å². The molecule has 1 aromatic heterocycles. The standard InChI is InChI=1S/C24H18F3N3O4/c1-34-23(33)20-14-19(10-11-28-20)29-21(31)9-8-15-4-2-7-18(12-15)30-22(32)16-5-3-6-17(13-16)24(25,26)27/h2-14H,1H3,(H,30,32)(H,28,29,31)/b9-8+. The Labute approximate surface area is 192 Å². The monoisotopic (exact) mass is 469 g/mol. The average molecular weight is 469 g/mol. The number of aromatic nitrogens is 1. The van der Waals surface area contributed by atoms with Gasteiger partial charge in [-0.25, -0.2) is 9.78 Å². The molecule has 10 heteroatoms. The van der Waals surface area contributed by atoms with Crippen LogP contribution in [-0.2, 0) is 15.7 Å². The Bertz CT molecular complexity index is 1260. The maximum absolute atomic E-state index is 12.9. The molecular weight excluding hydrogens is 451 g/mol. The molecule has 0 spiro atoms. The zero-order valence-corrected chi connectivity index (χ0v) is 17.7. The molecule has 1 heterocycles. The summed E-state index contributed by atoms with van der Waals surface area (Å²) in [6.07, 6.45) is -0.482. The van der Waals surface area contributed by atoms with Crippen LogP contribution in [0.25, 0.3) is 6.08 Å². The van der Waals surface area contributed by atoms with Gasteiger partial charge < -0.3 is 15.4 Å². The number of esters is 1. The van der Waals surface area contributed by atoms with Gasteiger partial charge in [0, 0.05) is 29.2 Å². The van der Waals surface area contributed by atoms with Gasteiger partial charge in [0.2, 0.25) is 5.91 Å². The van der Waals surface area contributed by atoms with Crippen molar-refractivity contribution in [2.45, 2.75) is 6.18 Å². The van der Waals surface area contributed by atoms with E-state index in [0.29, 0.717) is 16.9 Å². The van der Waals surface area contributed by atoms with E-state index in [2.05, 4.69) is 20.4 Å². The normalized spacial score (nSPS) is 11.2. The summed E-state index contributed by atoms with van der Waals surface area (Å²) in [5.74, 6) is -1.83. The van der Waals surface area contributed by atoms with Gasteiger partial charge in [-0.05, 0) is 54.1 Å². The second-order valence-electron chi connectivity index (χ2n) is 6.90. The summed E-state index contributed by atoms with van der Waals surface area (Å²) >= 11 is 0. The molecule has 2 N–H and O–H groups in total. The molecule has 0 radical (unpaired) electrons. The predicted octanol–water partition coefficient (Wildman–Crippen LogP) is 4.79. The summed E-state index contributed by atoms with van der Waals surface area (Å²) in [7, 11) is 1.22. The minimum atomic E-state index is -4.56. The van der Waals surface area contributed by atoms with Crippen molar-refractivity contribution in [2.75, 3.05) is 17.7 Å². The molecule has 0 aliphatic carbocycles. The number of anilines is 2. The molecule has 2 amide bonds. The van der Waals surface area contributed by atoms with Crippen LogP contribution in [0.15, 0.2) is 72.9 Å². The first-order valence-corrected chi connectivity index (χ1v) is 9.78. The highest BCUT2D eigenvalue weighted by Gasteiger charge is 2.30. The number of carbonyl (C=O) groups is 3. The van der Waals surface area contributed by atoms with Crippen molar-refractivity contribution in [2.24, 2.45) is 0 Å². The fraction of sp³-hybridized carbons (Fsp3) is 0.0833. The van der Waals surface area contributed by atoms with Crippen LogP contribution in [0, 0.1) is 0 Å². The zero-order chi connectivity index (χ0) is 24.7. The molecule has 0 fully saturated rings. The third-order valence-electron chi connectivity index (χ3n) is 4.45. The molecule has 0 aliphatic rings. The van der Waals surface area contributed by atoms with Crippen LogP contribution in [0.2, 0.25) is 0 Å². The summed E-state index contributed by atoms with van der Waals surface area (Å²) in [4.78, 5) is 40.0. The number of nitrogens with one attached hydrogen (secondary N) is 2. The topological polar surface area (TPSA) is 97.4 Å². The summed E-state index contributed by atoms with van der Waals surface area (Å²) in [5.41, 5.74) is 0.207. The number of methoxy groups -OCH3 is 1. The third kappa shape index (κ3) is 6.52. The van der Waals surface area contributed by atoms with Gasteiger partial charge in [0.25, 0.3) is 5.91 Å². The molecule has 0 saturated heterocycles. The number of rotatable bonds is 6. The van der Waals surface area contributed by atoms with Crippen LogP contribution in [0.4, 0.5) is 24.5 Å². The first-order valence-electron chi connectivity index (χ1n) is 9.78. The van der Waals surface area contributed by atoms with Crippen LogP contribution in [0.5, 0.6) is 0 Å². The Morgan fingerprint density at radius 2 is 1.68 bits per heavy atom. The van der Waals surface area contributed by atoms with Gasteiger partial charge in [0.15, 0.2) is 0 Å². The molecule has 7 nitrogen and oxygen atoms in total. The van der Waals surface area contributed by atoms with Crippen LogP contribution >= 0.6 is 0 Å². The smallest absolute Gasteiger partial charge is 0.416 e.